The highest BCUT2D eigenvalue weighted by molar-refractivity contribution is 9.10. The van der Waals surface area contributed by atoms with Gasteiger partial charge in [-0.1, -0.05) is 55.6 Å². The van der Waals surface area contributed by atoms with Crippen molar-refractivity contribution in [3.05, 3.63) is 64.1 Å². The van der Waals surface area contributed by atoms with Gasteiger partial charge in [-0.3, -0.25) is 29.0 Å². The van der Waals surface area contributed by atoms with Crippen molar-refractivity contribution in [1.82, 2.24) is 4.90 Å². The van der Waals surface area contributed by atoms with E-state index in [1.807, 2.05) is 6.08 Å². The van der Waals surface area contributed by atoms with Crippen molar-refractivity contribution in [2.45, 2.75) is 35.4 Å². The van der Waals surface area contributed by atoms with Crippen LogP contribution in [-0.2, 0) is 19.2 Å². The summed E-state index contributed by atoms with van der Waals surface area (Å²) >= 11 is 21.0. The maximum Gasteiger partial charge on any atom is 0.254 e. The summed E-state index contributed by atoms with van der Waals surface area (Å²) in [5, 5.41) is 11.3. The van der Waals surface area contributed by atoms with Gasteiger partial charge in [0.05, 0.1) is 29.6 Å². The Bertz CT molecular complexity index is 1530. The number of aromatic hydroxyl groups is 1. The van der Waals surface area contributed by atoms with E-state index in [1.165, 1.54) is 4.90 Å². The van der Waals surface area contributed by atoms with Crippen molar-refractivity contribution in [2.24, 2.45) is 17.8 Å². The van der Waals surface area contributed by atoms with Crippen molar-refractivity contribution in [3.63, 3.8) is 0 Å². The molecule has 2 aliphatic heterocycles. The minimum absolute atomic E-state index is 0.129. The Balaban J connectivity index is 1.53. The summed E-state index contributed by atoms with van der Waals surface area (Å²) in [6, 6.07) is 11.7. The third-order valence-electron chi connectivity index (χ3n) is 8.74. The molecule has 2 saturated heterocycles. The number of anilines is 1. The predicted molar refractivity (Wildman–Crippen MR) is 159 cm³/mol. The number of allylic oxidation sites excluding steroid dienone is 2. The molecule has 3 fully saturated rings. The first kappa shape index (κ1) is 28.7. The molecule has 214 valence electrons. The van der Waals surface area contributed by atoms with E-state index in [-0.39, 0.29) is 47.9 Å². The van der Waals surface area contributed by atoms with Crippen LogP contribution in [0.15, 0.2) is 58.6 Å². The van der Waals surface area contributed by atoms with Crippen LogP contribution in [0, 0.1) is 17.8 Å². The van der Waals surface area contributed by atoms with Crippen LogP contribution in [0.25, 0.3) is 0 Å². The minimum atomic E-state index is -2.01. The van der Waals surface area contributed by atoms with E-state index in [1.54, 1.807) is 49.4 Å². The van der Waals surface area contributed by atoms with Crippen molar-refractivity contribution < 1.29 is 29.0 Å². The first-order chi connectivity index (χ1) is 19.5. The lowest BCUT2D eigenvalue weighted by atomic mass is 9.56. The third-order valence-corrected chi connectivity index (χ3v) is 11.2. The van der Waals surface area contributed by atoms with Gasteiger partial charge in [0.25, 0.3) is 11.8 Å². The van der Waals surface area contributed by atoms with Gasteiger partial charge in [0.15, 0.2) is 21.2 Å². The first-order valence-electron chi connectivity index (χ1n) is 13.1. The molecule has 0 spiro atoms. The van der Waals surface area contributed by atoms with Gasteiger partial charge < -0.3 is 9.84 Å². The largest absolute Gasteiger partial charge is 0.504 e. The zero-order valence-electron chi connectivity index (χ0n) is 21.7. The van der Waals surface area contributed by atoms with E-state index >= 15 is 0 Å². The molecule has 2 heterocycles. The molecule has 2 aliphatic carbocycles. The molecule has 12 heteroatoms. The Morgan fingerprint density at radius 2 is 1.73 bits per heavy atom. The lowest BCUT2D eigenvalue weighted by molar-refractivity contribution is -0.138. The number of alkyl halides is 3. The summed E-state index contributed by atoms with van der Waals surface area (Å²) in [5.41, 5.74) is 1.16. The number of imide groups is 2. The van der Waals surface area contributed by atoms with E-state index in [2.05, 4.69) is 31.9 Å². The fourth-order valence-corrected chi connectivity index (χ4v) is 8.67. The zero-order chi connectivity index (χ0) is 29.4. The summed E-state index contributed by atoms with van der Waals surface area (Å²) in [5.74, 6) is -5.45. The molecule has 0 bridgehead atoms. The number of ether oxygens (including phenoxy) is 1. The Hall–Kier alpha value is -2.40. The Labute approximate surface area is 262 Å². The number of likely N-dealkylation sites (tertiary alicyclic amines) is 1. The van der Waals surface area contributed by atoms with Gasteiger partial charge in [-0.2, -0.15) is 0 Å². The van der Waals surface area contributed by atoms with Gasteiger partial charge in [0.1, 0.15) is 0 Å². The number of benzene rings is 2. The number of phenolic OH excluding ortho intramolecular Hbond substituents is 1. The summed E-state index contributed by atoms with van der Waals surface area (Å²) in [6.45, 7) is 2.05. The molecular weight excluding hydrogens is 703 g/mol. The fraction of sp³-hybridized carbons (Fsp3) is 0.379. The number of carbonyl (C=O) groups is 4. The van der Waals surface area contributed by atoms with E-state index < -0.39 is 51.1 Å². The number of hydrogen-bond acceptors (Lipinski definition) is 6. The quantitative estimate of drug-likeness (QED) is 0.190. The molecule has 4 aliphatic rings. The lowest BCUT2D eigenvalue weighted by Gasteiger charge is -2.50. The average Bonchev–Trinajstić information content (AvgIpc) is 3.28. The highest BCUT2D eigenvalue weighted by Crippen LogP contribution is 2.66. The molecule has 6 atom stereocenters. The number of hydrogen-bond donors (Lipinski definition) is 1. The van der Waals surface area contributed by atoms with Crippen LogP contribution in [0.2, 0.25) is 0 Å². The maximum absolute atomic E-state index is 14.0. The summed E-state index contributed by atoms with van der Waals surface area (Å²) in [6.07, 6.45) is 1.92. The normalized spacial score (nSPS) is 32.6. The molecule has 4 amide bonds. The summed E-state index contributed by atoms with van der Waals surface area (Å²) in [4.78, 5) is 53.5. The number of rotatable bonds is 5. The topological polar surface area (TPSA) is 104 Å². The molecule has 2 aromatic carbocycles. The molecule has 0 aromatic heterocycles. The smallest absolute Gasteiger partial charge is 0.254 e. The van der Waals surface area contributed by atoms with Crippen LogP contribution >= 0.6 is 55.1 Å². The van der Waals surface area contributed by atoms with Crippen LogP contribution in [0.1, 0.15) is 31.2 Å². The Kier molecular flexibility index (Phi) is 7.08. The van der Waals surface area contributed by atoms with Crippen LogP contribution < -0.4 is 9.64 Å². The molecule has 1 saturated carbocycles. The molecule has 1 N–H and O–H groups in total. The molecule has 8 nitrogen and oxygen atoms in total. The second kappa shape index (κ2) is 10.1. The zero-order valence-corrected chi connectivity index (χ0v) is 26.3. The number of nitrogens with zero attached hydrogens (tertiary/aromatic N) is 2. The van der Waals surface area contributed by atoms with Crippen LogP contribution in [0.3, 0.4) is 0 Å². The van der Waals surface area contributed by atoms with Gasteiger partial charge in [-0.15, -0.1) is 23.2 Å². The van der Waals surface area contributed by atoms with E-state index in [0.717, 1.165) is 9.37 Å². The second-order valence-corrected chi connectivity index (χ2v) is 13.3. The van der Waals surface area contributed by atoms with E-state index in [0.29, 0.717) is 11.3 Å². The number of carbonyl (C=O) groups excluding carboxylic acids is 4. The lowest BCUT2D eigenvalue weighted by Crippen LogP contribution is -2.60. The molecule has 6 rings (SSSR count). The van der Waals surface area contributed by atoms with Gasteiger partial charge in [0.2, 0.25) is 11.8 Å². The molecule has 0 unspecified atom stereocenters. The van der Waals surface area contributed by atoms with Crippen LogP contribution in [0.4, 0.5) is 5.69 Å². The highest BCUT2D eigenvalue weighted by atomic mass is 79.9. The minimum Gasteiger partial charge on any atom is -0.504 e. The van der Waals surface area contributed by atoms with E-state index in [4.69, 9.17) is 27.9 Å². The van der Waals surface area contributed by atoms with Crippen LogP contribution in [-0.4, -0.2) is 55.4 Å². The van der Waals surface area contributed by atoms with Crippen molar-refractivity contribution in [1.29, 1.82) is 0 Å². The number of para-hydroxylation sites is 1. The third kappa shape index (κ3) is 3.83. The summed E-state index contributed by atoms with van der Waals surface area (Å²) in [7, 11) is 0. The molecular formula is C29H24Br2Cl2N2O6. The van der Waals surface area contributed by atoms with Gasteiger partial charge in [-0.25, -0.2) is 0 Å². The van der Waals surface area contributed by atoms with E-state index in [9.17, 15) is 24.3 Å². The van der Waals surface area contributed by atoms with Gasteiger partial charge in [0, 0.05) is 16.0 Å². The van der Waals surface area contributed by atoms with Crippen LogP contribution in [0.5, 0.6) is 11.5 Å². The number of amides is 4. The van der Waals surface area contributed by atoms with Crippen molar-refractivity contribution in [2.75, 3.05) is 17.0 Å². The standard InChI is InChI=1S/C29H24Br2Cl2N2O6/c1-2-41-20-5-3-4-18(23(20)36)22-16-10-11-17-21(25(38)35(24(17)37)15-8-6-14(31)7-9-15)19(16)12-28(32)26(39)34(13-30)27(40)29(22,28)33/h3-10,17,19,21-22,36H,2,11-13H2,1H3/t17-,19+,21-,22+,28+,29-/m0/s1. The maximum atomic E-state index is 14.0. The summed E-state index contributed by atoms with van der Waals surface area (Å²) < 4.78 is 6.41. The fourth-order valence-electron chi connectivity index (χ4n) is 6.99. The molecule has 2 aromatic rings. The average molecular weight is 727 g/mol. The Morgan fingerprint density at radius 1 is 1.02 bits per heavy atom. The first-order valence-corrected chi connectivity index (χ1v) is 15.8. The SMILES string of the molecule is CCOc1cccc([C@H]2C3=CC[C@@H]4C(=O)N(c5ccc(Br)cc5)C(=O)[C@@H]4[C@@H]3C[C@@]3(Cl)C(=O)N(CBr)C(=O)[C@@]23Cl)c1O. The number of halogens is 4. The number of fused-ring (bicyclic) bond motifs is 4. The predicted octanol–water partition coefficient (Wildman–Crippen LogP) is 5.47. The van der Waals surface area contributed by atoms with Gasteiger partial charge in [-0.05, 0) is 56.0 Å². The monoisotopic (exact) mass is 724 g/mol. The molecule has 41 heavy (non-hydrogen) atoms. The van der Waals surface area contributed by atoms with Gasteiger partial charge >= 0.3 is 0 Å². The van der Waals surface area contributed by atoms with Crippen molar-refractivity contribution in [3.8, 4) is 11.5 Å². The molecule has 0 radical (unpaired) electrons. The number of phenols is 1. The Morgan fingerprint density at radius 3 is 2.39 bits per heavy atom. The highest BCUT2D eigenvalue weighted by Gasteiger charge is 2.76. The second-order valence-electron chi connectivity index (χ2n) is 10.6. The van der Waals surface area contributed by atoms with Crippen molar-refractivity contribution >= 4 is 84.4 Å².